The zero-order valence-corrected chi connectivity index (χ0v) is 13.5. The van der Waals surface area contributed by atoms with Gasteiger partial charge in [0.05, 0.1) is 7.11 Å². The van der Waals surface area contributed by atoms with Crippen LogP contribution in [0.5, 0.6) is 0 Å². The van der Waals surface area contributed by atoms with E-state index >= 15 is 0 Å². The minimum Gasteiger partial charge on any atom is -0.467 e. The van der Waals surface area contributed by atoms with Gasteiger partial charge < -0.3 is 20.1 Å². The van der Waals surface area contributed by atoms with Crippen LogP contribution >= 0.6 is 0 Å². The van der Waals surface area contributed by atoms with Crippen LogP contribution in [0.2, 0.25) is 0 Å². The molecule has 0 unspecified atom stereocenters. The van der Waals surface area contributed by atoms with Crippen LogP contribution in [0.4, 0.5) is 4.79 Å². The van der Waals surface area contributed by atoms with Gasteiger partial charge in [-0.25, -0.2) is 9.59 Å². The second kappa shape index (κ2) is 5.78. The highest BCUT2D eigenvalue weighted by atomic mass is 16.6. The normalized spacial score (nSPS) is 23.6. The Morgan fingerprint density at radius 1 is 1.41 bits per heavy atom. The van der Waals surface area contributed by atoms with Crippen molar-refractivity contribution in [1.82, 2.24) is 10.6 Å². The van der Waals surface area contributed by atoms with Gasteiger partial charge in [0.25, 0.3) is 0 Å². The van der Waals surface area contributed by atoms with Gasteiger partial charge in [0.15, 0.2) is 0 Å². The van der Waals surface area contributed by atoms with E-state index in [-0.39, 0.29) is 23.8 Å². The summed E-state index contributed by atoms with van der Waals surface area (Å²) in [6.07, 6.45) is 2.20. The van der Waals surface area contributed by atoms with Gasteiger partial charge in [0.1, 0.15) is 11.6 Å². The third-order valence-electron chi connectivity index (χ3n) is 3.95. The first-order valence-electron chi connectivity index (χ1n) is 7.53. The summed E-state index contributed by atoms with van der Waals surface area (Å²) >= 11 is 0. The van der Waals surface area contributed by atoms with Crippen molar-refractivity contribution < 1.29 is 23.9 Å². The molecule has 7 nitrogen and oxygen atoms in total. The van der Waals surface area contributed by atoms with Gasteiger partial charge in [-0.05, 0) is 46.5 Å². The van der Waals surface area contributed by atoms with Crippen molar-refractivity contribution in [3.63, 3.8) is 0 Å². The minimum atomic E-state index is -0.885. The van der Waals surface area contributed by atoms with Gasteiger partial charge in [-0.3, -0.25) is 4.79 Å². The summed E-state index contributed by atoms with van der Waals surface area (Å²) in [5, 5.41) is 5.48. The number of ether oxygens (including phenoxy) is 2. The van der Waals surface area contributed by atoms with Gasteiger partial charge >= 0.3 is 12.1 Å². The summed E-state index contributed by atoms with van der Waals surface area (Å²) in [5.41, 5.74) is -0.720. The number of esters is 1. The molecule has 1 aliphatic heterocycles. The fourth-order valence-electron chi connectivity index (χ4n) is 2.74. The van der Waals surface area contributed by atoms with Gasteiger partial charge in [-0.1, -0.05) is 0 Å². The third kappa shape index (κ3) is 4.11. The van der Waals surface area contributed by atoms with E-state index in [1.807, 2.05) is 0 Å². The first-order chi connectivity index (χ1) is 10.1. The molecule has 0 aromatic heterocycles. The number of methoxy groups -OCH3 is 1. The summed E-state index contributed by atoms with van der Waals surface area (Å²) < 4.78 is 9.86. The Morgan fingerprint density at radius 3 is 2.50 bits per heavy atom. The summed E-state index contributed by atoms with van der Waals surface area (Å²) in [6, 6.07) is -0.885. The summed E-state index contributed by atoms with van der Waals surface area (Å²) in [6.45, 7) is 5.21. The molecule has 2 N–H and O–H groups in total. The lowest BCUT2D eigenvalue weighted by Crippen LogP contribution is -2.45. The molecule has 124 valence electrons. The molecule has 2 aliphatic rings. The monoisotopic (exact) mass is 312 g/mol. The summed E-state index contributed by atoms with van der Waals surface area (Å²) in [7, 11) is 1.25. The van der Waals surface area contributed by atoms with Crippen molar-refractivity contribution in [2.24, 2.45) is 5.92 Å². The van der Waals surface area contributed by atoms with Crippen LogP contribution in [0.1, 0.15) is 46.5 Å². The highest BCUT2D eigenvalue weighted by Crippen LogP contribution is 2.46. The van der Waals surface area contributed by atoms with Crippen molar-refractivity contribution in [2.45, 2.75) is 63.6 Å². The SMILES string of the molecule is COC(=O)[C@@H](C[C@@H]1CC2(CC2)NC1=O)NC(=O)OC(C)(C)C. The lowest BCUT2D eigenvalue weighted by Gasteiger charge is -2.23. The van der Waals surface area contributed by atoms with E-state index in [1.165, 1.54) is 7.11 Å². The van der Waals surface area contributed by atoms with Crippen LogP contribution in [0.15, 0.2) is 0 Å². The van der Waals surface area contributed by atoms with Crippen molar-refractivity contribution in [3.05, 3.63) is 0 Å². The van der Waals surface area contributed by atoms with Crippen molar-refractivity contribution in [1.29, 1.82) is 0 Å². The molecule has 0 radical (unpaired) electrons. The van der Waals surface area contributed by atoms with Crippen molar-refractivity contribution in [3.8, 4) is 0 Å². The van der Waals surface area contributed by atoms with E-state index in [1.54, 1.807) is 20.8 Å². The van der Waals surface area contributed by atoms with Gasteiger partial charge in [0.2, 0.25) is 5.91 Å². The highest BCUT2D eigenvalue weighted by Gasteiger charge is 2.52. The molecule has 0 aromatic carbocycles. The minimum absolute atomic E-state index is 0.0580. The van der Waals surface area contributed by atoms with E-state index in [4.69, 9.17) is 9.47 Å². The standard InChI is InChI=1S/C15H24N2O5/c1-14(2,3)22-13(20)16-10(12(19)21-4)7-9-8-15(5-6-15)17-11(9)18/h9-10H,5-8H2,1-4H3,(H,16,20)(H,17,18)/t9-,10-/m1/s1. The fraction of sp³-hybridized carbons (Fsp3) is 0.800. The van der Waals surface area contributed by atoms with Gasteiger partial charge in [-0.2, -0.15) is 0 Å². The molecular weight excluding hydrogens is 288 g/mol. The van der Waals surface area contributed by atoms with Gasteiger partial charge in [-0.15, -0.1) is 0 Å². The Labute approximate surface area is 130 Å². The number of hydrogen-bond donors (Lipinski definition) is 2. The Kier molecular flexibility index (Phi) is 4.35. The molecule has 1 saturated heterocycles. The van der Waals surface area contributed by atoms with E-state index in [0.717, 1.165) is 12.8 Å². The topological polar surface area (TPSA) is 93.7 Å². The Morgan fingerprint density at radius 2 is 2.05 bits per heavy atom. The lowest BCUT2D eigenvalue weighted by molar-refractivity contribution is -0.143. The van der Waals surface area contributed by atoms with E-state index in [9.17, 15) is 14.4 Å². The fourth-order valence-corrected chi connectivity index (χ4v) is 2.74. The molecule has 1 aliphatic carbocycles. The molecule has 1 heterocycles. The van der Waals surface area contributed by atoms with Crippen LogP contribution in [0.3, 0.4) is 0 Å². The zero-order valence-electron chi connectivity index (χ0n) is 13.5. The van der Waals surface area contributed by atoms with Crippen molar-refractivity contribution in [2.75, 3.05) is 7.11 Å². The second-order valence-electron chi connectivity index (χ2n) is 7.13. The van der Waals surface area contributed by atoms with Gasteiger partial charge in [0, 0.05) is 11.5 Å². The van der Waals surface area contributed by atoms with Crippen LogP contribution in [-0.4, -0.2) is 42.3 Å². The van der Waals surface area contributed by atoms with E-state index in [2.05, 4.69) is 10.6 Å². The first kappa shape index (κ1) is 16.6. The molecule has 2 amide bonds. The number of rotatable bonds is 4. The molecule has 1 spiro atoms. The Balaban J connectivity index is 1.96. The summed E-state index contributed by atoms with van der Waals surface area (Å²) in [4.78, 5) is 35.7. The average Bonchev–Trinajstić information content (AvgIpc) is 3.05. The largest absolute Gasteiger partial charge is 0.467 e. The molecule has 2 fully saturated rings. The maximum absolute atomic E-state index is 12.0. The molecule has 2 atom stereocenters. The number of amides is 2. The predicted octanol–water partition coefficient (Wildman–Crippen LogP) is 1.11. The molecule has 22 heavy (non-hydrogen) atoms. The second-order valence-corrected chi connectivity index (χ2v) is 7.13. The van der Waals surface area contributed by atoms with Crippen LogP contribution in [-0.2, 0) is 19.1 Å². The molecule has 7 heteroatoms. The molecule has 0 aromatic rings. The number of nitrogens with one attached hydrogen (secondary N) is 2. The lowest BCUT2D eigenvalue weighted by atomic mass is 9.95. The Hall–Kier alpha value is -1.79. The summed E-state index contributed by atoms with van der Waals surface area (Å²) in [5.74, 6) is -0.922. The highest BCUT2D eigenvalue weighted by molar-refractivity contribution is 5.85. The molecule has 2 rings (SSSR count). The zero-order chi connectivity index (χ0) is 16.5. The predicted molar refractivity (Wildman–Crippen MR) is 78.0 cm³/mol. The van der Waals surface area contributed by atoms with E-state index in [0.29, 0.717) is 6.42 Å². The van der Waals surface area contributed by atoms with Crippen LogP contribution in [0.25, 0.3) is 0 Å². The van der Waals surface area contributed by atoms with E-state index < -0.39 is 23.7 Å². The third-order valence-corrected chi connectivity index (χ3v) is 3.95. The molecular formula is C15H24N2O5. The number of carbonyl (C=O) groups is 3. The number of hydrogen-bond acceptors (Lipinski definition) is 5. The van der Waals surface area contributed by atoms with Crippen LogP contribution < -0.4 is 10.6 Å². The maximum atomic E-state index is 12.0. The van der Waals surface area contributed by atoms with Crippen molar-refractivity contribution >= 4 is 18.0 Å². The number of alkyl carbamates (subject to hydrolysis) is 1. The molecule has 0 bridgehead atoms. The maximum Gasteiger partial charge on any atom is 0.408 e. The first-order valence-corrected chi connectivity index (χ1v) is 7.53. The quantitative estimate of drug-likeness (QED) is 0.759. The van der Waals surface area contributed by atoms with Crippen LogP contribution in [0, 0.1) is 5.92 Å². The average molecular weight is 312 g/mol. The number of carbonyl (C=O) groups excluding carboxylic acids is 3. The Bertz CT molecular complexity index is 479. The smallest absolute Gasteiger partial charge is 0.408 e. The molecule has 1 saturated carbocycles.